The maximum absolute atomic E-state index is 12.6. The molecule has 1 heterocycles. The Morgan fingerprint density at radius 3 is 2.62 bits per heavy atom. The lowest BCUT2D eigenvalue weighted by atomic mass is 10.1. The van der Waals surface area contributed by atoms with Gasteiger partial charge in [-0.15, -0.1) is 0 Å². The smallest absolute Gasteiger partial charge is 0.229 e. The number of carbonyl (C=O) groups excluding carboxylic acids is 2. The summed E-state index contributed by atoms with van der Waals surface area (Å²) in [6, 6.07) is 15.1. The number of nitrogens with one attached hydrogen (secondary N) is 1. The molecule has 136 valence electrons. The maximum Gasteiger partial charge on any atom is 0.229 e. The Morgan fingerprint density at radius 2 is 1.92 bits per heavy atom. The number of nitrogens with zero attached hydrogens (tertiary/aromatic N) is 1. The topological polar surface area (TPSA) is 49.4 Å². The molecule has 1 fully saturated rings. The first-order chi connectivity index (χ1) is 12.6. The molecule has 0 radical (unpaired) electrons. The van der Waals surface area contributed by atoms with E-state index in [0.29, 0.717) is 17.3 Å². The van der Waals surface area contributed by atoms with E-state index in [2.05, 4.69) is 12.2 Å². The first-order valence-electron chi connectivity index (χ1n) is 9.03. The average Bonchev–Trinajstić information content (AvgIpc) is 3.03. The van der Waals surface area contributed by atoms with E-state index in [-0.39, 0.29) is 24.2 Å². The van der Waals surface area contributed by atoms with Crippen LogP contribution in [0.4, 0.5) is 11.4 Å². The number of carbonyl (C=O) groups is 2. The summed E-state index contributed by atoms with van der Waals surface area (Å²) >= 11 is 6.18. The molecule has 26 heavy (non-hydrogen) atoms. The lowest BCUT2D eigenvalue weighted by Gasteiger charge is -2.18. The molecule has 4 nitrogen and oxygen atoms in total. The van der Waals surface area contributed by atoms with Crippen molar-refractivity contribution in [3.8, 4) is 0 Å². The maximum atomic E-state index is 12.6. The van der Waals surface area contributed by atoms with Crippen LogP contribution in [-0.2, 0) is 16.0 Å². The number of benzene rings is 2. The third-order valence-corrected chi connectivity index (χ3v) is 5.00. The predicted molar refractivity (Wildman–Crippen MR) is 106 cm³/mol. The van der Waals surface area contributed by atoms with E-state index in [9.17, 15) is 9.59 Å². The molecule has 1 aliphatic rings. The van der Waals surface area contributed by atoms with Crippen LogP contribution >= 0.6 is 11.6 Å². The molecule has 0 unspecified atom stereocenters. The SMILES string of the molecule is CCCCc1ccc(NC(=O)[C@@H]2CC(=O)N(c3ccccc3Cl)C2)cc1. The molecule has 1 aliphatic heterocycles. The summed E-state index contributed by atoms with van der Waals surface area (Å²) in [5, 5.41) is 3.44. The van der Waals surface area contributed by atoms with Gasteiger partial charge in [0, 0.05) is 18.7 Å². The molecule has 0 aliphatic carbocycles. The number of anilines is 2. The fraction of sp³-hybridized carbons (Fsp3) is 0.333. The van der Waals surface area contributed by atoms with Gasteiger partial charge in [-0.05, 0) is 42.7 Å². The second-order valence-electron chi connectivity index (χ2n) is 6.65. The molecule has 2 aromatic rings. The van der Waals surface area contributed by atoms with Gasteiger partial charge in [-0.1, -0.05) is 49.2 Å². The molecule has 1 saturated heterocycles. The minimum Gasteiger partial charge on any atom is -0.326 e. The van der Waals surface area contributed by atoms with Gasteiger partial charge in [-0.25, -0.2) is 0 Å². The zero-order valence-corrected chi connectivity index (χ0v) is 15.6. The standard InChI is InChI=1S/C21H23ClN2O2/c1-2-3-6-15-9-11-17(12-10-15)23-21(26)16-13-20(25)24(14-16)19-8-5-4-7-18(19)22/h4-5,7-12,16H,2-3,6,13-14H2,1H3,(H,23,26)/t16-/m1/s1. The van der Waals surface area contributed by atoms with Crippen LogP contribution in [0.3, 0.4) is 0 Å². The van der Waals surface area contributed by atoms with Crippen molar-refractivity contribution in [2.45, 2.75) is 32.6 Å². The molecule has 3 rings (SSSR count). The molecular weight excluding hydrogens is 348 g/mol. The minimum absolute atomic E-state index is 0.0758. The number of amides is 2. The number of rotatable bonds is 6. The number of hydrogen-bond donors (Lipinski definition) is 1. The van der Waals surface area contributed by atoms with Crippen molar-refractivity contribution in [3.05, 3.63) is 59.1 Å². The highest BCUT2D eigenvalue weighted by Crippen LogP contribution is 2.31. The lowest BCUT2D eigenvalue weighted by Crippen LogP contribution is -2.28. The monoisotopic (exact) mass is 370 g/mol. The van der Waals surface area contributed by atoms with E-state index < -0.39 is 0 Å². The Balaban J connectivity index is 1.62. The highest BCUT2D eigenvalue weighted by Gasteiger charge is 2.35. The molecule has 2 amide bonds. The van der Waals surface area contributed by atoms with Gasteiger partial charge in [0.2, 0.25) is 11.8 Å². The third kappa shape index (κ3) is 4.25. The van der Waals surface area contributed by atoms with Crippen LogP contribution < -0.4 is 10.2 Å². The third-order valence-electron chi connectivity index (χ3n) is 4.68. The van der Waals surface area contributed by atoms with E-state index in [1.807, 2.05) is 36.4 Å². The minimum atomic E-state index is -0.376. The molecule has 0 saturated carbocycles. The first kappa shape index (κ1) is 18.5. The van der Waals surface area contributed by atoms with Crippen LogP contribution in [-0.4, -0.2) is 18.4 Å². The second kappa shape index (κ2) is 8.37. The van der Waals surface area contributed by atoms with Crippen molar-refractivity contribution >= 4 is 34.8 Å². The van der Waals surface area contributed by atoms with Gasteiger partial charge in [0.1, 0.15) is 0 Å². The normalized spacial score (nSPS) is 16.8. The zero-order valence-electron chi connectivity index (χ0n) is 14.9. The van der Waals surface area contributed by atoms with E-state index in [1.165, 1.54) is 5.56 Å². The number of para-hydroxylation sites is 1. The van der Waals surface area contributed by atoms with E-state index in [1.54, 1.807) is 17.0 Å². The van der Waals surface area contributed by atoms with E-state index in [4.69, 9.17) is 11.6 Å². The molecular formula is C21H23ClN2O2. The van der Waals surface area contributed by atoms with Gasteiger partial charge in [0.25, 0.3) is 0 Å². The lowest BCUT2D eigenvalue weighted by molar-refractivity contribution is -0.122. The van der Waals surface area contributed by atoms with Crippen LogP contribution in [0.2, 0.25) is 5.02 Å². The summed E-state index contributed by atoms with van der Waals surface area (Å²) in [7, 11) is 0. The number of unbranched alkanes of at least 4 members (excludes halogenated alkanes) is 1. The highest BCUT2D eigenvalue weighted by molar-refractivity contribution is 6.33. The summed E-state index contributed by atoms with van der Waals surface area (Å²) in [5.74, 6) is -0.582. The number of aryl methyl sites for hydroxylation is 1. The largest absolute Gasteiger partial charge is 0.326 e. The van der Waals surface area contributed by atoms with Crippen molar-refractivity contribution in [2.75, 3.05) is 16.8 Å². The van der Waals surface area contributed by atoms with Gasteiger partial charge in [-0.3, -0.25) is 9.59 Å². The van der Waals surface area contributed by atoms with Crippen LogP contribution in [0, 0.1) is 5.92 Å². The van der Waals surface area contributed by atoms with Crippen LogP contribution in [0.15, 0.2) is 48.5 Å². The van der Waals surface area contributed by atoms with Gasteiger partial charge >= 0.3 is 0 Å². The van der Waals surface area contributed by atoms with Gasteiger partial charge < -0.3 is 10.2 Å². The van der Waals surface area contributed by atoms with Crippen molar-refractivity contribution in [1.82, 2.24) is 0 Å². The Morgan fingerprint density at radius 1 is 1.19 bits per heavy atom. The molecule has 0 bridgehead atoms. The number of halogens is 1. The summed E-state index contributed by atoms with van der Waals surface area (Å²) in [4.78, 5) is 26.5. The summed E-state index contributed by atoms with van der Waals surface area (Å²) in [6.45, 7) is 2.52. The summed E-state index contributed by atoms with van der Waals surface area (Å²) < 4.78 is 0. The highest BCUT2D eigenvalue weighted by atomic mass is 35.5. The molecule has 0 spiro atoms. The zero-order chi connectivity index (χ0) is 18.5. The predicted octanol–water partition coefficient (Wildman–Crippen LogP) is 4.67. The van der Waals surface area contributed by atoms with Gasteiger partial charge in [0.15, 0.2) is 0 Å². The van der Waals surface area contributed by atoms with Crippen LogP contribution in [0.25, 0.3) is 0 Å². The quantitative estimate of drug-likeness (QED) is 0.802. The Kier molecular flexibility index (Phi) is 5.94. The Hall–Kier alpha value is -2.33. The fourth-order valence-corrected chi connectivity index (χ4v) is 3.40. The molecule has 2 aromatic carbocycles. The average molecular weight is 371 g/mol. The van der Waals surface area contributed by atoms with Crippen LogP contribution in [0.1, 0.15) is 31.7 Å². The Bertz CT molecular complexity index is 789. The number of hydrogen-bond acceptors (Lipinski definition) is 2. The van der Waals surface area contributed by atoms with Crippen LogP contribution in [0.5, 0.6) is 0 Å². The molecule has 5 heteroatoms. The first-order valence-corrected chi connectivity index (χ1v) is 9.41. The van der Waals surface area contributed by atoms with Crippen molar-refractivity contribution in [3.63, 3.8) is 0 Å². The molecule has 1 N–H and O–H groups in total. The van der Waals surface area contributed by atoms with E-state index >= 15 is 0 Å². The van der Waals surface area contributed by atoms with Crippen molar-refractivity contribution in [1.29, 1.82) is 0 Å². The summed E-state index contributed by atoms with van der Waals surface area (Å²) in [6.07, 6.45) is 3.57. The van der Waals surface area contributed by atoms with Gasteiger partial charge in [-0.2, -0.15) is 0 Å². The van der Waals surface area contributed by atoms with Crippen molar-refractivity contribution in [2.24, 2.45) is 5.92 Å². The molecule has 1 atom stereocenters. The summed E-state index contributed by atoms with van der Waals surface area (Å²) in [5.41, 5.74) is 2.69. The van der Waals surface area contributed by atoms with E-state index in [0.717, 1.165) is 24.9 Å². The van der Waals surface area contributed by atoms with Crippen molar-refractivity contribution < 1.29 is 9.59 Å². The fourth-order valence-electron chi connectivity index (χ4n) is 3.17. The van der Waals surface area contributed by atoms with Gasteiger partial charge in [0.05, 0.1) is 16.6 Å². The second-order valence-corrected chi connectivity index (χ2v) is 7.05. The Labute approximate surface area is 159 Å². The molecule has 0 aromatic heterocycles.